The van der Waals surface area contributed by atoms with Gasteiger partial charge in [0.15, 0.2) is 5.43 Å². The van der Waals surface area contributed by atoms with Crippen LogP contribution in [-0.4, -0.2) is 17.5 Å². The van der Waals surface area contributed by atoms with Gasteiger partial charge in [-0.1, -0.05) is 30.7 Å². The van der Waals surface area contributed by atoms with Crippen LogP contribution < -0.4 is 15.1 Å². The van der Waals surface area contributed by atoms with Crippen LogP contribution in [0.1, 0.15) is 52.2 Å². The van der Waals surface area contributed by atoms with E-state index in [0.717, 1.165) is 28.9 Å². The van der Waals surface area contributed by atoms with Crippen molar-refractivity contribution in [3.8, 4) is 5.75 Å². The number of aromatic nitrogens is 1. The first-order valence-electron chi connectivity index (χ1n) is 11.0. The minimum absolute atomic E-state index is 0.0657. The second-order valence-electron chi connectivity index (χ2n) is 8.36. The third kappa shape index (κ3) is 3.57. The predicted molar refractivity (Wildman–Crippen MR) is 127 cm³/mol. The van der Waals surface area contributed by atoms with Crippen LogP contribution in [0.2, 0.25) is 0 Å². The zero-order chi connectivity index (χ0) is 23.1. The maximum atomic E-state index is 13.7. The zero-order valence-electron chi connectivity index (χ0n) is 18.8. The molecule has 1 atom stereocenters. The standard InChI is InChI=1S/C27H24N2O4/c1-4-13-32-19-8-6-18(7-9-19)24-23-25(30)20-14-16(2)5-10-21(20)33-26(23)27(31)29(24)22-15-17(3)11-12-28-22/h5-12,14-15,24H,4,13H2,1-3H3. The summed E-state index contributed by atoms with van der Waals surface area (Å²) in [6, 6.07) is 16.0. The van der Waals surface area contributed by atoms with E-state index in [9.17, 15) is 9.59 Å². The van der Waals surface area contributed by atoms with E-state index in [-0.39, 0.29) is 17.1 Å². The summed E-state index contributed by atoms with van der Waals surface area (Å²) in [6.45, 7) is 6.53. The number of hydrogen-bond donors (Lipinski definition) is 0. The number of carbonyl (C=O) groups excluding carboxylic acids is 1. The molecule has 4 aromatic rings. The van der Waals surface area contributed by atoms with Crippen molar-refractivity contribution in [3.63, 3.8) is 0 Å². The van der Waals surface area contributed by atoms with E-state index >= 15 is 0 Å². The average Bonchev–Trinajstić information content (AvgIpc) is 3.11. The average molecular weight is 440 g/mol. The molecule has 0 aliphatic carbocycles. The van der Waals surface area contributed by atoms with E-state index in [1.807, 2.05) is 63.2 Å². The van der Waals surface area contributed by atoms with Crippen LogP contribution in [0.25, 0.3) is 11.0 Å². The number of ether oxygens (including phenoxy) is 1. The highest BCUT2D eigenvalue weighted by molar-refractivity contribution is 6.10. The van der Waals surface area contributed by atoms with Crippen LogP contribution in [0.15, 0.2) is 70.0 Å². The predicted octanol–water partition coefficient (Wildman–Crippen LogP) is 5.34. The summed E-state index contributed by atoms with van der Waals surface area (Å²) in [5, 5.41) is 0.466. The topological polar surface area (TPSA) is 72.6 Å². The van der Waals surface area contributed by atoms with Crippen LogP contribution in [0.4, 0.5) is 5.82 Å². The van der Waals surface area contributed by atoms with Crippen molar-refractivity contribution in [3.05, 3.63) is 99.0 Å². The number of aryl methyl sites for hydroxylation is 2. The number of pyridine rings is 1. The fraction of sp³-hybridized carbons (Fsp3) is 0.222. The monoisotopic (exact) mass is 440 g/mol. The van der Waals surface area contributed by atoms with Crippen LogP contribution in [0.5, 0.6) is 5.75 Å². The number of amides is 1. The molecule has 6 nitrogen and oxygen atoms in total. The van der Waals surface area contributed by atoms with Gasteiger partial charge in [0.25, 0.3) is 5.91 Å². The molecule has 0 N–H and O–H groups in total. The van der Waals surface area contributed by atoms with Crippen molar-refractivity contribution < 1.29 is 13.9 Å². The van der Waals surface area contributed by atoms with Crippen molar-refractivity contribution in [2.24, 2.45) is 0 Å². The lowest BCUT2D eigenvalue weighted by Gasteiger charge is -2.24. The van der Waals surface area contributed by atoms with Gasteiger partial charge in [-0.2, -0.15) is 0 Å². The third-order valence-corrected chi connectivity index (χ3v) is 5.84. The first-order chi connectivity index (χ1) is 16.0. The number of benzene rings is 2. The molecule has 2 aromatic carbocycles. The maximum Gasteiger partial charge on any atom is 0.296 e. The first-order valence-corrected chi connectivity index (χ1v) is 11.0. The molecule has 1 unspecified atom stereocenters. The Labute approximate surface area is 191 Å². The van der Waals surface area contributed by atoms with Gasteiger partial charge in [0.05, 0.1) is 23.6 Å². The number of rotatable bonds is 5. The van der Waals surface area contributed by atoms with Gasteiger partial charge in [-0.3, -0.25) is 14.5 Å². The number of hydrogen-bond acceptors (Lipinski definition) is 5. The highest BCUT2D eigenvalue weighted by Crippen LogP contribution is 2.41. The van der Waals surface area contributed by atoms with Gasteiger partial charge < -0.3 is 9.15 Å². The number of fused-ring (bicyclic) bond motifs is 2. The van der Waals surface area contributed by atoms with Gasteiger partial charge in [0.1, 0.15) is 17.2 Å². The molecule has 0 radical (unpaired) electrons. The lowest BCUT2D eigenvalue weighted by atomic mass is 9.98. The number of carbonyl (C=O) groups is 1. The fourth-order valence-electron chi connectivity index (χ4n) is 4.26. The van der Waals surface area contributed by atoms with Gasteiger partial charge in [-0.25, -0.2) is 4.98 Å². The summed E-state index contributed by atoms with van der Waals surface area (Å²) in [5.74, 6) is 0.906. The molecule has 33 heavy (non-hydrogen) atoms. The molecule has 2 aromatic heterocycles. The Morgan fingerprint density at radius 2 is 1.76 bits per heavy atom. The summed E-state index contributed by atoms with van der Waals surface area (Å²) in [6.07, 6.45) is 2.57. The molecule has 0 saturated carbocycles. The van der Waals surface area contributed by atoms with E-state index in [1.165, 1.54) is 0 Å². The summed E-state index contributed by atoms with van der Waals surface area (Å²) < 4.78 is 11.7. The molecule has 3 heterocycles. The molecule has 1 amide bonds. The molecule has 166 valence electrons. The Morgan fingerprint density at radius 1 is 1.00 bits per heavy atom. The number of anilines is 1. The van der Waals surface area contributed by atoms with Gasteiger partial charge in [-0.15, -0.1) is 0 Å². The third-order valence-electron chi connectivity index (χ3n) is 5.84. The summed E-state index contributed by atoms with van der Waals surface area (Å²) in [5.41, 5.74) is 3.24. The molecule has 1 aliphatic rings. The largest absolute Gasteiger partial charge is 0.494 e. The summed E-state index contributed by atoms with van der Waals surface area (Å²) >= 11 is 0. The molecule has 5 rings (SSSR count). The van der Waals surface area contributed by atoms with Gasteiger partial charge in [0.2, 0.25) is 5.76 Å². The molecule has 0 bridgehead atoms. The smallest absolute Gasteiger partial charge is 0.296 e. The molecule has 6 heteroatoms. The molecule has 1 aliphatic heterocycles. The Bertz CT molecular complexity index is 1420. The first kappa shape index (κ1) is 20.9. The van der Waals surface area contributed by atoms with Crippen molar-refractivity contribution in [1.82, 2.24) is 4.98 Å². The van der Waals surface area contributed by atoms with Crippen molar-refractivity contribution in [2.75, 3.05) is 11.5 Å². The van der Waals surface area contributed by atoms with E-state index in [4.69, 9.17) is 9.15 Å². The Hall–Kier alpha value is -3.93. The zero-order valence-corrected chi connectivity index (χ0v) is 18.8. The van der Waals surface area contributed by atoms with Gasteiger partial charge >= 0.3 is 0 Å². The Balaban J connectivity index is 1.73. The quantitative estimate of drug-likeness (QED) is 0.419. The van der Waals surface area contributed by atoms with E-state index in [1.54, 1.807) is 23.2 Å². The summed E-state index contributed by atoms with van der Waals surface area (Å²) in [4.78, 5) is 33.3. The van der Waals surface area contributed by atoms with E-state index in [2.05, 4.69) is 4.98 Å². The molecular weight excluding hydrogens is 416 g/mol. The van der Waals surface area contributed by atoms with Crippen molar-refractivity contribution in [2.45, 2.75) is 33.2 Å². The minimum Gasteiger partial charge on any atom is -0.494 e. The SMILES string of the molecule is CCCOc1ccc(C2c3c(oc4ccc(C)cc4c3=O)C(=O)N2c2cc(C)ccn2)cc1. The normalized spacial score (nSPS) is 15.2. The summed E-state index contributed by atoms with van der Waals surface area (Å²) in [7, 11) is 0. The second-order valence-corrected chi connectivity index (χ2v) is 8.36. The second kappa shape index (κ2) is 8.20. The highest BCUT2D eigenvalue weighted by Gasteiger charge is 2.44. The maximum absolute atomic E-state index is 13.7. The van der Waals surface area contributed by atoms with E-state index in [0.29, 0.717) is 29.0 Å². The lowest BCUT2D eigenvalue weighted by Crippen LogP contribution is -2.30. The highest BCUT2D eigenvalue weighted by atomic mass is 16.5. The Morgan fingerprint density at radius 3 is 2.48 bits per heavy atom. The minimum atomic E-state index is -0.650. The van der Waals surface area contributed by atoms with Crippen LogP contribution >= 0.6 is 0 Å². The number of nitrogens with zero attached hydrogens (tertiary/aromatic N) is 2. The van der Waals surface area contributed by atoms with Crippen LogP contribution in [0.3, 0.4) is 0 Å². The van der Waals surface area contributed by atoms with Gasteiger partial charge in [0, 0.05) is 6.20 Å². The lowest BCUT2D eigenvalue weighted by molar-refractivity contribution is 0.0970. The molecular formula is C27H24N2O4. The molecule has 0 fully saturated rings. The van der Waals surface area contributed by atoms with Crippen LogP contribution in [0, 0.1) is 13.8 Å². The fourth-order valence-corrected chi connectivity index (χ4v) is 4.26. The molecule has 0 saturated heterocycles. The van der Waals surface area contributed by atoms with Gasteiger partial charge in [-0.05, 0) is 67.8 Å². The van der Waals surface area contributed by atoms with Crippen molar-refractivity contribution in [1.29, 1.82) is 0 Å². The molecule has 0 spiro atoms. The van der Waals surface area contributed by atoms with Crippen LogP contribution in [-0.2, 0) is 0 Å². The van der Waals surface area contributed by atoms with E-state index < -0.39 is 6.04 Å². The Kier molecular flexibility index (Phi) is 5.21. The van der Waals surface area contributed by atoms with Crippen molar-refractivity contribution >= 4 is 22.7 Å².